The van der Waals surface area contributed by atoms with Crippen molar-refractivity contribution in [2.24, 2.45) is 0 Å². The first-order valence-electron chi connectivity index (χ1n) is 4.87. The van der Waals surface area contributed by atoms with Crippen LogP contribution in [-0.4, -0.2) is 5.11 Å². The third-order valence-electron chi connectivity index (χ3n) is 2.61. The minimum Gasteiger partial charge on any atom is -1.00 e. The Hall–Kier alpha value is -1.80. The summed E-state index contributed by atoms with van der Waals surface area (Å²) >= 11 is 0. The highest BCUT2D eigenvalue weighted by atomic mass is 35.5. The number of rotatable bonds is 0. The second kappa shape index (κ2) is 3.99. The zero-order valence-electron chi connectivity index (χ0n) is 8.47. The van der Waals surface area contributed by atoms with Crippen molar-refractivity contribution in [3.05, 3.63) is 54.7 Å². The maximum Gasteiger partial charge on any atom is 0.253 e. The lowest BCUT2D eigenvalue weighted by atomic mass is 10.2. The van der Waals surface area contributed by atoms with Gasteiger partial charge >= 0.3 is 0 Å². The van der Waals surface area contributed by atoms with Crippen molar-refractivity contribution in [1.29, 1.82) is 0 Å². The zero-order valence-corrected chi connectivity index (χ0v) is 9.22. The maximum atomic E-state index is 9.85. The molecule has 3 rings (SSSR count). The van der Waals surface area contributed by atoms with Crippen LogP contribution in [0.4, 0.5) is 0 Å². The quantitative estimate of drug-likeness (QED) is 0.401. The Morgan fingerprint density at radius 2 is 1.56 bits per heavy atom. The Balaban J connectivity index is 0.000000963. The van der Waals surface area contributed by atoms with E-state index in [0.29, 0.717) is 5.75 Å². The molecule has 0 aliphatic rings. The van der Waals surface area contributed by atoms with Crippen LogP contribution in [0, 0.1) is 0 Å². The van der Waals surface area contributed by atoms with Gasteiger partial charge in [-0.05, 0) is 12.1 Å². The highest BCUT2D eigenvalue weighted by Gasteiger charge is 2.11. The Kier molecular flexibility index (Phi) is 2.67. The summed E-state index contributed by atoms with van der Waals surface area (Å²) in [7, 11) is 0. The number of fused-ring (bicyclic) bond motifs is 3. The van der Waals surface area contributed by atoms with Crippen molar-refractivity contribution in [3.8, 4) is 5.75 Å². The summed E-state index contributed by atoms with van der Waals surface area (Å²) in [5.41, 5.74) is 1.93. The van der Waals surface area contributed by atoms with E-state index in [2.05, 4.69) is 0 Å². The molecule has 3 heteroatoms. The molecule has 16 heavy (non-hydrogen) atoms. The van der Waals surface area contributed by atoms with Crippen LogP contribution in [0.3, 0.4) is 0 Å². The zero-order chi connectivity index (χ0) is 10.3. The molecule has 0 amide bonds. The lowest BCUT2D eigenvalue weighted by Gasteiger charge is -1.98. The molecule has 2 heterocycles. The highest BCUT2D eigenvalue weighted by Crippen LogP contribution is 2.20. The van der Waals surface area contributed by atoms with Crippen LogP contribution in [0.15, 0.2) is 54.7 Å². The largest absolute Gasteiger partial charge is 1.00 e. The molecule has 0 fully saturated rings. The van der Waals surface area contributed by atoms with E-state index in [9.17, 15) is 5.11 Å². The summed E-state index contributed by atoms with van der Waals surface area (Å²) in [5, 5.41) is 10.9. The summed E-state index contributed by atoms with van der Waals surface area (Å²) in [4.78, 5) is 0. The first-order valence-corrected chi connectivity index (χ1v) is 4.87. The molecule has 1 N–H and O–H groups in total. The number of halogens is 1. The third kappa shape index (κ3) is 1.48. The summed E-state index contributed by atoms with van der Waals surface area (Å²) in [6.45, 7) is 0. The molecule has 0 aliphatic heterocycles. The second-order valence-electron chi connectivity index (χ2n) is 3.54. The van der Waals surface area contributed by atoms with Crippen LogP contribution in [0.25, 0.3) is 16.4 Å². The molecule has 2 nitrogen and oxygen atoms in total. The van der Waals surface area contributed by atoms with E-state index in [1.165, 1.54) is 0 Å². The molecule has 0 aliphatic carbocycles. The van der Waals surface area contributed by atoms with Gasteiger partial charge in [-0.25, -0.2) is 0 Å². The molecular weight excluding hydrogens is 222 g/mol. The van der Waals surface area contributed by atoms with Gasteiger partial charge in [-0.3, -0.25) is 0 Å². The van der Waals surface area contributed by atoms with Gasteiger partial charge in [0.05, 0.1) is 5.39 Å². The first kappa shape index (κ1) is 10.7. The molecule has 0 saturated carbocycles. The number of benzene rings is 1. The monoisotopic (exact) mass is 231 g/mol. The Bertz CT molecular complexity index is 652. The predicted octanol–water partition coefficient (Wildman–Crippen LogP) is -0.712. The minimum atomic E-state index is 0. The van der Waals surface area contributed by atoms with E-state index < -0.39 is 0 Å². The summed E-state index contributed by atoms with van der Waals surface area (Å²) in [5.74, 6) is 0.314. The van der Waals surface area contributed by atoms with Crippen LogP contribution >= 0.6 is 0 Å². The fourth-order valence-electron chi connectivity index (χ4n) is 1.91. The normalized spacial score (nSPS) is 10.2. The summed E-state index contributed by atoms with van der Waals surface area (Å²) < 4.78 is 1.99. The van der Waals surface area contributed by atoms with Crippen molar-refractivity contribution < 1.29 is 21.9 Å². The number of hydrogen-bond acceptors (Lipinski definition) is 1. The molecule has 0 atom stereocenters. The molecule has 2 aromatic heterocycles. The molecule has 3 aromatic rings. The first-order chi connectivity index (χ1) is 7.36. The van der Waals surface area contributed by atoms with Crippen molar-refractivity contribution >= 4 is 16.4 Å². The summed E-state index contributed by atoms with van der Waals surface area (Å²) in [6, 6.07) is 15.6. The fourth-order valence-corrected chi connectivity index (χ4v) is 1.91. The van der Waals surface area contributed by atoms with Gasteiger partial charge in [-0.1, -0.05) is 12.1 Å². The molecule has 1 aromatic carbocycles. The average Bonchev–Trinajstić information content (AvgIpc) is 2.30. The van der Waals surface area contributed by atoms with Crippen LogP contribution in [0.2, 0.25) is 0 Å². The standard InChI is InChI=1S/C13H9NO.ClH/c15-13-9-10-5-1-2-6-11(10)14-8-4-3-7-12(13)14;/h1-9H;1H. The number of aromatic hydroxyl groups is 1. The van der Waals surface area contributed by atoms with Gasteiger partial charge < -0.3 is 17.5 Å². The van der Waals surface area contributed by atoms with Crippen molar-refractivity contribution in [1.82, 2.24) is 0 Å². The molecule has 80 valence electrons. The van der Waals surface area contributed by atoms with Gasteiger partial charge in [0.2, 0.25) is 5.52 Å². The van der Waals surface area contributed by atoms with Crippen LogP contribution in [0.5, 0.6) is 5.75 Å². The Labute approximate surface area is 99.2 Å². The molecule has 0 radical (unpaired) electrons. The van der Waals surface area contributed by atoms with E-state index in [-0.39, 0.29) is 12.4 Å². The number of pyridine rings is 2. The number of nitrogens with zero attached hydrogens (tertiary/aromatic N) is 1. The average molecular weight is 232 g/mol. The third-order valence-corrected chi connectivity index (χ3v) is 2.61. The van der Waals surface area contributed by atoms with Crippen molar-refractivity contribution in [2.45, 2.75) is 0 Å². The molecule has 0 unspecified atom stereocenters. The minimum absolute atomic E-state index is 0. The Morgan fingerprint density at radius 1 is 0.875 bits per heavy atom. The molecular formula is C13H10ClNO. The lowest BCUT2D eigenvalue weighted by Crippen LogP contribution is -3.00. The number of para-hydroxylation sites is 1. The fraction of sp³-hybridized carbons (Fsp3) is 0. The second-order valence-corrected chi connectivity index (χ2v) is 3.54. The van der Waals surface area contributed by atoms with E-state index in [1.54, 1.807) is 6.07 Å². The molecule has 0 saturated heterocycles. The van der Waals surface area contributed by atoms with Gasteiger partial charge in [0.25, 0.3) is 5.52 Å². The number of hydrogen-bond donors (Lipinski definition) is 1. The van der Waals surface area contributed by atoms with E-state index in [0.717, 1.165) is 16.4 Å². The van der Waals surface area contributed by atoms with Gasteiger partial charge in [0, 0.05) is 24.3 Å². The van der Waals surface area contributed by atoms with Gasteiger partial charge in [-0.15, -0.1) is 0 Å². The number of aromatic nitrogens is 1. The molecule has 0 bridgehead atoms. The maximum absolute atomic E-state index is 9.85. The summed E-state index contributed by atoms with van der Waals surface area (Å²) in [6.07, 6.45) is 1.96. The van der Waals surface area contributed by atoms with Crippen molar-refractivity contribution in [3.63, 3.8) is 0 Å². The van der Waals surface area contributed by atoms with Crippen LogP contribution < -0.4 is 16.8 Å². The van der Waals surface area contributed by atoms with E-state index in [1.807, 2.05) is 53.1 Å². The predicted molar refractivity (Wildman–Crippen MR) is 58.8 cm³/mol. The van der Waals surface area contributed by atoms with Crippen LogP contribution in [-0.2, 0) is 0 Å². The van der Waals surface area contributed by atoms with Crippen LogP contribution in [0.1, 0.15) is 0 Å². The Morgan fingerprint density at radius 3 is 2.44 bits per heavy atom. The van der Waals surface area contributed by atoms with Crippen molar-refractivity contribution in [2.75, 3.05) is 0 Å². The SMILES string of the molecule is Oc1cc2ccccc2[n+]2ccccc12.[Cl-]. The van der Waals surface area contributed by atoms with Gasteiger partial charge in [0.15, 0.2) is 11.9 Å². The van der Waals surface area contributed by atoms with Gasteiger partial charge in [-0.2, -0.15) is 4.40 Å². The topological polar surface area (TPSA) is 24.3 Å². The molecule has 0 spiro atoms. The lowest BCUT2D eigenvalue weighted by molar-refractivity contribution is -0.482. The van der Waals surface area contributed by atoms with Gasteiger partial charge in [0.1, 0.15) is 0 Å². The highest BCUT2D eigenvalue weighted by molar-refractivity contribution is 5.80. The van der Waals surface area contributed by atoms with E-state index >= 15 is 0 Å². The smallest absolute Gasteiger partial charge is 0.253 e. The van der Waals surface area contributed by atoms with E-state index in [4.69, 9.17) is 0 Å².